The van der Waals surface area contributed by atoms with E-state index < -0.39 is 0 Å². The number of hydrogen-bond donors (Lipinski definition) is 1. The predicted octanol–water partition coefficient (Wildman–Crippen LogP) is 3.98. The van der Waals surface area contributed by atoms with E-state index >= 15 is 0 Å². The largest absolute Gasteiger partial charge is 0.385 e. The smallest absolute Gasteiger partial charge is 0.223 e. The maximum atomic E-state index is 11.5. The second-order valence-corrected chi connectivity index (χ2v) is 5.61. The molecule has 1 aromatic carbocycles. The van der Waals surface area contributed by atoms with Crippen molar-refractivity contribution in [2.45, 2.75) is 52.4 Å². The molecule has 0 aliphatic carbocycles. The SMILES string of the molecule is CCCCCCCNc1ccc2c(c1)CCN2C(C)=O. The van der Waals surface area contributed by atoms with Gasteiger partial charge in [-0.25, -0.2) is 0 Å². The van der Waals surface area contributed by atoms with Crippen molar-refractivity contribution in [2.75, 3.05) is 23.3 Å². The summed E-state index contributed by atoms with van der Waals surface area (Å²) in [6, 6.07) is 6.36. The Morgan fingerprint density at radius 2 is 2.05 bits per heavy atom. The first-order valence-corrected chi connectivity index (χ1v) is 7.87. The maximum absolute atomic E-state index is 11.5. The van der Waals surface area contributed by atoms with E-state index in [2.05, 4.69) is 30.4 Å². The first-order chi connectivity index (χ1) is 9.72. The molecule has 2 rings (SSSR count). The van der Waals surface area contributed by atoms with Crippen LogP contribution < -0.4 is 10.2 Å². The van der Waals surface area contributed by atoms with Crippen LogP contribution in [0.25, 0.3) is 0 Å². The van der Waals surface area contributed by atoms with Gasteiger partial charge in [-0.05, 0) is 36.6 Å². The van der Waals surface area contributed by atoms with Gasteiger partial charge in [0, 0.05) is 31.4 Å². The van der Waals surface area contributed by atoms with Crippen molar-refractivity contribution in [1.29, 1.82) is 0 Å². The van der Waals surface area contributed by atoms with Crippen LogP contribution in [0.1, 0.15) is 51.5 Å². The molecule has 0 fully saturated rings. The van der Waals surface area contributed by atoms with Crippen molar-refractivity contribution < 1.29 is 4.79 Å². The van der Waals surface area contributed by atoms with E-state index in [0.29, 0.717) is 0 Å². The summed E-state index contributed by atoms with van der Waals surface area (Å²) in [5, 5.41) is 3.49. The van der Waals surface area contributed by atoms with Crippen molar-refractivity contribution >= 4 is 17.3 Å². The molecule has 20 heavy (non-hydrogen) atoms. The lowest BCUT2D eigenvalue weighted by Crippen LogP contribution is -2.25. The molecule has 0 bridgehead atoms. The molecule has 1 amide bonds. The molecule has 0 saturated carbocycles. The summed E-state index contributed by atoms with van der Waals surface area (Å²) < 4.78 is 0. The second kappa shape index (κ2) is 7.32. The third kappa shape index (κ3) is 3.75. The molecule has 110 valence electrons. The molecule has 1 aliphatic heterocycles. The number of hydrogen-bond acceptors (Lipinski definition) is 2. The number of unbranched alkanes of at least 4 members (excludes halogenated alkanes) is 4. The van der Waals surface area contributed by atoms with Crippen LogP contribution in [0.2, 0.25) is 0 Å². The molecule has 0 radical (unpaired) electrons. The first kappa shape index (κ1) is 14.9. The third-order valence-corrected chi connectivity index (χ3v) is 3.96. The van der Waals surface area contributed by atoms with Gasteiger partial charge in [-0.3, -0.25) is 4.79 Å². The predicted molar refractivity (Wildman–Crippen MR) is 85.4 cm³/mol. The van der Waals surface area contributed by atoms with Gasteiger partial charge in [0.25, 0.3) is 0 Å². The molecule has 0 saturated heterocycles. The highest BCUT2D eigenvalue weighted by Gasteiger charge is 2.21. The molecule has 0 unspecified atom stereocenters. The summed E-state index contributed by atoms with van der Waals surface area (Å²) in [6.45, 7) is 5.74. The molecular formula is C17H26N2O. The van der Waals surface area contributed by atoms with Crippen LogP contribution in [-0.2, 0) is 11.2 Å². The van der Waals surface area contributed by atoms with Crippen LogP contribution in [0.4, 0.5) is 11.4 Å². The summed E-state index contributed by atoms with van der Waals surface area (Å²) in [5.41, 5.74) is 3.56. The first-order valence-electron chi connectivity index (χ1n) is 7.87. The van der Waals surface area contributed by atoms with Crippen LogP contribution in [-0.4, -0.2) is 19.0 Å². The van der Waals surface area contributed by atoms with Crippen molar-refractivity contribution in [3.63, 3.8) is 0 Å². The van der Waals surface area contributed by atoms with E-state index in [0.717, 1.165) is 25.2 Å². The summed E-state index contributed by atoms with van der Waals surface area (Å²) in [4.78, 5) is 13.4. The summed E-state index contributed by atoms with van der Waals surface area (Å²) in [7, 11) is 0. The Morgan fingerprint density at radius 3 is 2.80 bits per heavy atom. The van der Waals surface area contributed by atoms with Gasteiger partial charge in [0.2, 0.25) is 5.91 Å². The zero-order chi connectivity index (χ0) is 14.4. The molecule has 1 heterocycles. The van der Waals surface area contributed by atoms with Gasteiger partial charge in [0.05, 0.1) is 0 Å². The quantitative estimate of drug-likeness (QED) is 0.763. The van der Waals surface area contributed by atoms with E-state index in [4.69, 9.17) is 0 Å². The summed E-state index contributed by atoms with van der Waals surface area (Å²) >= 11 is 0. The Morgan fingerprint density at radius 1 is 1.25 bits per heavy atom. The average molecular weight is 274 g/mol. The number of anilines is 2. The van der Waals surface area contributed by atoms with Gasteiger partial charge in [-0.15, -0.1) is 0 Å². The van der Waals surface area contributed by atoms with E-state index in [1.165, 1.54) is 43.4 Å². The highest BCUT2D eigenvalue weighted by Crippen LogP contribution is 2.30. The number of carbonyl (C=O) groups excluding carboxylic acids is 1. The van der Waals surface area contributed by atoms with Gasteiger partial charge in [0.15, 0.2) is 0 Å². The summed E-state index contributed by atoms with van der Waals surface area (Å²) in [5.74, 6) is 0.139. The van der Waals surface area contributed by atoms with Gasteiger partial charge in [0.1, 0.15) is 0 Å². The van der Waals surface area contributed by atoms with Crippen molar-refractivity contribution in [3.8, 4) is 0 Å². The number of carbonyl (C=O) groups is 1. The molecule has 0 aromatic heterocycles. The van der Waals surface area contributed by atoms with Gasteiger partial charge in [-0.1, -0.05) is 32.6 Å². The third-order valence-electron chi connectivity index (χ3n) is 3.96. The maximum Gasteiger partial charge on any atom is 0.223 e. The second-order valence-electron chi connectivity index (χ2n) is 5.61. The number of rotatable bonds is 7. The lowest BCUT2D eigenvalue weighted by Gasteiger charge is -2.15. The van der Waals surface area contributed by atoms with Crippen LogP contribution in [0, 0.1) is 0 Å². The molecule has 3 nitrogen and oxygen atoms in total. The molecular weight excluding hydrogens is 248 g/mol. The van der Waals surface area contributed by atoms with Gasteiger partial charge >= 0.3 is 0 Å². The zero-order valence-corrected chi connectivity index (χ0v) is 12.7. The minimum absolute atomic E-state index is 0.139. The molecule has 1 aromatic rings. The topological polar surface area (TPSA) is 32.3 Å². The Hall–Kier alpha value is -1.51. The molecule has 0 spiro atoms. The Balaban J connectivity index is 1.82. The van der Waals surface area contributed by atoms with E-state index in [9.17, 15) is 4.79 Å². The van der Waals surface area contributed by atoms with Gasteiger partial charge < -0.3 is 10.2 Å². The number of fused-ring (bicyclic) bond motifs is 1. The normalized spacial score (nSPS) is 13.4. The van der Waals surface area contributed by atoms with Crippen molar-refractivity contribution in [3.05, 3.63) is 23.8 Å². The average Bonchev–Trinajstić information content (AvgIpc) is 2.86. The zero-order valence-electron chi connectivity index (χ0n) is 12.7. The number of nitrogens with zero attached hydrogens (tertiary/aromatic N) is 1. The van der Waals surface area contributed by atoms with Gasteiger partial charge in [-0.2, -0.15) is 0 Å². The summed E-state index contributed by atoms with van der Waals surface area (Å²) in [6.07, 6.45) is 7.50. The fourth-order valence-electron chi connectivity index (χ4n) is 2.80. The molecule has 3 heteroatoms. The monoisotopic (exact) mass is 274 g/mol. The Kier molecular flexibility index (Phi) is 5.45. The van der Waals surface area contributed by atoms with E-state index in [1.807, 2.05) is 4.90 Å². The highest BCUT2D eigenvalue weighted by atomic mass is 16.2. The minimum Gasteiger partial charge on any atom is -0.385 e. The fourth-order valence-corrected chi connectivity index (χ4v) is 2.80. The number of benzene rings is 1. The molecule has 0 atom stereocenters. The van der Waals surface area contributed by atoms with Crippen molar-refractivity contribution in [1.82, 2.24) is 0 Å². The fraction of sp³-hybridized carbons (Fsp3) is 0.588. The minimum atomic E-state index is 0.139. The van der Waals surface area contributed by atoms with Crippen LogP contribution in [0.3, 0.4) is 0 Å². The molecule has 1 N–H and O–H groups in total. The van der Waals surface area contributed by atoms with Crippen molar-refractivity contribution in [2.24, 2.45) is 0 Å². The standard InChI is InChI=1S/C17H26N2O/c1-3-4-5-6-7-11-18-16-8-9-17-15(13-16)10-12-19(17)14(2)20/h8-9,13,18H,3-7,10-12H2,1-2H3. The lowest BCUT2D eigenvalue weighted by atomic mass is 10.1. The van der Waals surface area contributed by atoms with E-state index in [1.54, 1.807) is 6.92 Å². The van der Waals surface area contributed by atoms with Crippen LogP contribution in [0.5, 0.6) is 0 Å². The highest BCUT2D eigenvalue weighted by molar-refractivity contribution is 5.94. The van der Waals surface area contributed by atoms with E-state index in [-0.39, 0.29) is 5.91 Å². The Labute approximate surface area is 122 Å². The van der Waals surface area contributed by atoms with Crippen LogP contribution >= 0.6 is 0 Å². The lowest BCUT2D eigenvalue weighted by molar-refractivity contribution is -0.116. The Bertz CT molecular complexity index is 456. The number of amides is 1. The number of nitrogens with one attached hydrogen (secondary N) is 1. The van der Waals surface area contributed by atoms with Crippen LogP contribution in [0.15, 0.2) is 18.2 Å². The molecule has 1 aliphatic rings.